The number of rotatable bonds is 5. The molecule has 2 heterocycles. The lowest BCUT2D eigenvalue weighted by Crippen LogP contribution is -2.41. The Bertz CT molecular complexity index is 1170. The Balaban J connectivity index is 1.80. The van der Waals surface area contributed by atoms with E-state index in [1.54, 1.807) is 18.3 Å². The summed E-state index contributed by atoms with van der Waals surface area (Å²) < 4.78 is 33.8. The molecule has 0 radical (unpaired) electrons. The molecule has 1 saturated heterocycles. The number of hydrogen-bond donors (Lipinski definition) is 1. The van der Waals surface area contributed by atoms with Gasteiger partial charge in [-0.1, -0.05) is 6.07 Å². The van der Waals surface area contributed by atoms with Crippen LogP contribution in [0.15, 0.2) is 42.6 Å². The van der Waals surface area contributed by atoms with Crippen molar-refractivity contribution >= 4 is 5.82 Å². The van der Waals surface area contributed by atoms with Crippen LogP contribution in [0.25, 0.3) is 22.5 Å². The van der Waals surface area contributed by atoms with Crippen molar-refractivity contribution in [3.63, 3.8) is 0 Å². The third-order valence-electron chi connectivity index (χ3n) is 5.78. The van der Waals surface area contributed by atoms with Crippen molar-refractivity contribution in [2.45, 2.75) is 18.9 Å². The average molecular weight is 435 g/mol. The van der Waals surface area contributed by atoms with Gasteiger partial charge in [0.15, 0.2) is 11.6 Å². The molecule has 0 bridgehead atoms. The lowest BCUT2D eigenvalue weighted by atomic mass is 10.0. The SMILES string of the molecule is CNC1CCN(c2cnc(-c3ccc(OC)c(F)c3)c(-c3ccc(C#N)c(F)c3)n2)CC1. The number of benzene rings is 2. The smallest absolute Gasteiger partial charge is 0.165 e. The fraction of sp³-hybridized carbons (Fsp3) is 0.292. The molecule has 8 heteroatoms. The van der Waals surface area contributed by atoms with E-state index < -0.39 is 11.6 Å². The van der Waals surface area contributed by atoms with Crippen LogP contribution in [0.1, 0.15) is 18.4 Å². The zero-order chi connectivity index (χ0) is 22.7. The minimum Gasteiger partial charge on any atom is -0.494 e. The number of nitrogens with zero attached hydrogens (tertiary/aromatic N) is 4. The fourth-order valence-corrected chi connectivity index (χ4v) is 3.91. The summed E-state index contributed by atoms with van der Waals surface area (Å²) in [5.74, 6) is -0.366. The van der Waals surface area contributed by atoms with E-state index in [1.807, 2.05) is 13.1 Å². The Kier molecular flexibility index (Phi) is 6.28. The highest BCUT2D eigenvalue weighted by atomic mass is 19.1. The van der Waals surface area contributed by atoms with Crippen molar-refractivity contribution in [1.29, 1.82) is 5.26 Å². The zero-order valence-corrected chi connectivity index (χ0v) is 17.9. The van der Waals surface area contributed by atoms with Crippen molar-refractivity contribution < 1.29 is 13.5 Å². The Morgan fingerprint density at radius 2 is 1.75 bits per heavy atom. The molecule has 1 aliphatic rings. The first-order chi connectivity index (χ1) is 15.5. The van der Waals surface area contributed by atoms with Crippen molar-refractivity contribution in [2.24, 2.45) is 0 Å². The summed E-state index contributed by atoms with van der Waals surface area (Å²) in [6.07, 6.45) is 3.62. The van der Waals surface area contributed by atoms with Crippen molar-refractivity contribution in [3.05, 3.63) is 59.8 Å². The van der Waals surface area contributed by atoms with Crippen molar-refractivity contribution in [3.8, 4) is 34.3 Å². The van der Waals surface area contributed by atoms with Gasteiger partial charge in [-0.3, -0.25) is 4.98 Å². The number of piperidine rings is 1. The van der Waals surface area contributed by atoms with Gasteiger partial charge in [0.05, 0.1) is 30.3 Å². The van der Waals surface area contributed by atoms with Crippen LogP contribution in [0.5, 0.6) is 5.75 Å². The number of anilines is 1. The molecule has 1 aromatic heterocycles. The summed E-state index contributed by atoms with van der Waals surface area (Å²) in [4.78, 5) is 11.5. The van der Waals surface area contributed by atoms with Gasteiger partial charge in [0.1, 0.15) is 17.7 Å². The van der Waals surface area contributed by atoms with E-state index in [1.165, 1.54) is 31.4 Å². The van der Waals surface area contributed by atoms with Crippen LogP contribution in [0.2, 0.25) is 0 Å². The highest BCUT2D eigenvalue weighted by Gasteiger charge is 2.22. The molecule has 0 saturated carbocycles. The number of aromatic nitrogens is 2. The number of halogens is 2. The van der Waals surface area contributed by atoms with E-state index in [9.17, 15) is 8.78 Å². The second-order valence-electron chi connectivity index (χ2n) is 7.63. The van der Waals surface area contributed by atoms with Gasteiger partial charge in [-0.2, -0.15) is 5.26 Å². The van der Waals surface area contributed by atoms with Crippen molar-refractivity contribution in [2.75, 3.05) is 32.1 Å². The van der Waals surface area contributed by atoms with E-state index in [0.29, 0.717) is 34.4 Å². The number of hydrogen-bond acceptors (Lipinski definition) is 6. The molecule has 164 valence electrons. The zero-order valence-electron chi connectivity index (χ0n) is 17.9. The van der Waals surface area contributed by atoms with Crippen molar-refractivity contribution in [1.82, 2.24) is 15.3 Å². The summed E-state index contributed by atoms with van der Waals surface area (Å²) in [5.41, 5.74) is 1.75. The molecule has 0 spiro atoms. The van der Waals surface area contributed by atoms with E-state index in [0.717, 1.165) is 25.9 Å². The molecule has 32 heavy (non-hydrogen) atoms. The van der Waals surface area contributed by atoms with Crippen LogP contribution < -0.4 is 15.0 Å². The number of nitriles is 1. The second-order valence-corrected chi connectivity index (χ2v) is 7.63. The van der Waals surface area contributed by atoms with Crippen LogP contribution in [0.4, 0.5) is 14.6 Å². The van der Waals surface area contributed by atoms with Gasteiger partial charge in [-0.15, -0.1) is 0 Å². The summed E-state index contributed by atoms with van der Waals surface area (Å²) in [6.45, 7) is 1.63. The van der Waals surface area contributed by atoms with Gasteiger partial charge in [-0.05, 0) is 50.2 Å². The summed E-state index contributed by atoms with van der Waals surface area (Å²) in [7, 11) is 3.36. The van der Waals surface area contributed by atoms with Crippen LogP contribution >= 0.6 is 0 Å². The molecule has 0 amide bonds. The lowest BCUT2D eigenvalue weighted by Gasteiger charge is -2.32. The molecule has 1 N–H and O–H groups in total. The minimum absolute atomic E-state index is 0.0518. The molecule has 6 nitrogen and oxygen atoms in total. The molecule has 1 fully saturated rings. The Morgan fingerprint density at radius 3 is 2.38 bits per heavy atom. The van der Waals surface area contributed by atoms with Gasteiger partial charge < -0.3 is 15.0 Å². The molecular weight excluding hydrogens is 412 g/mol. The monoisotopic (exact) mass is 435 g/mol. The summed E-state index contributed by atoms with van der Waals surface area (Å²) in [6, 6.07) is 11.1. The maximum Gasteiger partial charge on any atom is 0.165 e. The first-order valence-corrected chi connectivity index (χ1v) is 10.4. The highest BCUT2D eigenvalue weighted by Crippen LogP contribution is 2.33. The number of methoxy groups -OCH3 is 1. The quantitative estimate of drug-likeness (QED) is 0.649. The van der Waals surface area contributed by atoms with Crippen LogP contribution in [0, 0.1) is 23.0 Å². The summed E-state index contributed by atoms with van der Waals surface area (Å²) in [5, 5.41) is 12.4. The Morgan fingerprint density at radius 1 is 1.06 bits per heavy atom. The van der Waals surface area contributed by atoms with Gasteiger partial charge in [0, 0.05) is 30.3 Å². The Labute approximate surface area is 185 Å². The number of ether oxygens (including phenoxy) is 1. The first kappa shape index (κ1) is 21.7. The third kappa shape index (κ3) is 4.25. The standard InChI is InChI=1S/C24H23F2N5O/c1-28-18-7-9-31(10-8-18)22-14-29-23(15-5-6-21(32-2)20(26)12-15)24(30-22)16-3-4-17(13-27)19(25)11-16/h3-6,11-12,14,18,28H,7-10H2,1-2H3. The molecule has 0 unspecified atom stereocenters. The fourth-order valence-electron chi connectivity index (χ4n) is 3.91. The number of nitrogens with one attached hydrogen (secondary N) is 1. The van der Waals surface area contributed by atoms with E-state index in [4.69, 9.17) is 15.0 Å². The third-order valence-corrected chi connectivity index (χ3v) is 5.78. The van der Waals surface area contributed by atoms with E-state index in [-0.39, 0.29) is 11.3 Å². The van der Waals surface area contributed by atoms with Gasteiger partial charge in [-0.25, -0.2) is 13.8 Å². The molecule has 0 aliphatic carbocycles. The van der Waals surface area contributed by atoms with Crippen LogP contribution in [0.3, 0.4) is 0 Å². The molecule has 2 aromatic carbocycles. The van der Waals surface area contributed by atoms with E-state index in [2.05, 4.69) is 15.2 Å². The lowest BCUT2D eigenvalue weighted by molar-refractivity contribution is 0.386. The highest BCUT2D eigenvalue weighted by molar-refractivity contribution is 5.79. The second kappa shape index (κ2) is 9.28. The van der Waals surface area contributed by atoms with Gasteiger partial charge >= 0.3 is 0 Å². The molecule has 0 atom stereocenters. The molecule has 1 aliphatic heterocycles. The van der Waals surface area contributed by atoms with Gasteiger partial charge in [0.25, 0.3) is 0 Å². The van der Waals surface area contributed by atoms with Gasteiger partial charge in [0.2, 0.25) is 0 Å². The molecule has 3 aromatic rings. The topological polar surface area (TPSA) is 74.1 Å². The minimum atomic E-state index is -0.640. The largest absolute Gasteiger partial charge is 0.494 e. The summed E-state index contributed by atoms with van der Waals surface area (Å²) >= 11 is 0. The average Bonchev–Trinajstić information content (AvgIpc) is 2.83. The van der Waals surface area contributed by atoms with Crippen LogP contribution in [-0.4, -0.2) is 43.3 Å². The predicted octanol–water partition coefficient (Wildman–Crippen LogP) is 4.16. The maximum absolute atomic E-state index is 14.4. The molecular formula is C24H23F2N5O. The normalized spacial score (nSPS) is 14.3. The maximum atomic E-state index is 14.4. The first-order valence-electron chi connectivity index (χ1n) is 10.4. The predicted molar refractivity (Wildman–Crippen MR) is 118 cm³/mol. The van der Waals surface area contributed by atoms with E-state index >= 15 is 0 Å². The Hall–Kier alpha value is -3.57. The molecule has 4 rings (SSSR count). The van der Waals surface area contributed by atoms with Crippen LogP contribution in [-0.2, 0) is 0 Å².